The Morgan fingerprint density at radius 3 is 2.32 bits per heavy atom. The van der Waals surface area contributed by atoms with E-state index in [9.17, 15) is 22.4 Å². The van der Waals surface area contributed by atoms with Crippen molar-refractivity contribution in [3.05, 3.63) is 29.3 Å². The van der Waals surface area contributed by atoms with E-state index in [1.165, 1.54) is 0 Å². The maximum Gasteiger partial charge on any atom is 0.229 e. The Hall–Kier alpha value is -1.63. The molecule has 0 aliphatic carbocycles. The number of nitrogens with one attached hydrogen (secondary N) is 2. The van der Waals surface area contributed by atoms with Crippen LogP contribution < -0.4 is 10.6 Å². The largest absolute Gasteiger partial charge is 0.321 e. The lowest BCUT2D eigenvalue weighted by Crippen LogP contribution is -2.32. The number of anilines is 1. The monoisotopic (exact) mass is 276 g/mol. The minimum atomic E-state index is -1.61. The Morgan fingerprint density at radius 1 is 1.26 bits per heavy atom. The van der Waals surface area contributed by atoms with E-state index in [1.807, 2.05) is 5.32 Å². The summed E-state index contributed by atoms with van der Waals surface area (Å²) in [7, 11) is 0. The summed E-state index contributed by atoms with van der Waals surface area (Å²) in [5.74, 6) is -7.47. The molecule has 2 unspecified atom stereocenters. The Labute approximate surface area is 107 Å². The molecular formula is C12H12F4N2O. The molecule has 1 saturated heterocycles. The Bertz CT molecular complexity index is 495. The molecule has 1 aliphatic heterocycles. The van der Waals surface area contributed by atoms with Crippen LogP contribution in [0.1, 0.15) is 13.3 Å². The van der Waals surface area contributed by atoms with Crippen LogP contribution in [0.4, 0.5) is 23.2 Å². The number of halogens is 4. The first-order valence-electron chi connectivity index (χ1n) is 5.79. The van der Waals surface area contributed by atoms with E-state index in [4.69, 9.17) is 0 Å². The molecule has 2 atom stereocenters. The summed E-state index contributed by atoms with van der Waals surface area (Å²) >= 11 is 0. The van der Waals surface area contributed by atoms with Crippen LogP contribution >= 0.6 is 0 Å². The predicted molar refractivity (Wildman–Crippen MR) is 60.5 cm³/mol. The van der Waals surface area contributed by atoms with Crippen molar-refractivity contribution in [2.24, 2.45) is 5.92 Å². The fraction of sp³-hybridized carbons (Fsp3) is 0.417. The van der Waals surface area contributed by atoms with Crippen molar-refractivity contribution < 1.29 is 22.4 Å². The molecule has 3 nitrogen and oxygen atoms in total. The second-order valence-electron chi connectivity index (χ2n) is 4.47. The third-order valence-corrected chi connectivity index (χ3v) is 3.22. The van der Waals surface area contributed by atoms with Crippen molar-refractivity contribution in [1.29, 1.82) is 0 Å². The standard InChI is InChI=1S/C12H12F4N2O/c1-5-6(2-3-17-5)12(19)18-11-9(15)7(13)4-8(14)10(11)16/h4-6,17H,2-3H2,1H3,(H,18,19). The van der Waals surface area contributed by atoms with Gasteiger partial charge in [-0.25, -0.2) is 17.6 Å². The maximum absolute atomic E-state index is 13.4. The van der Waals surface area contributed by atoms with Gasteiger partial charge in [-0.15, -0.1) is 0 Å². The quantitative estimate of drug-likeness (QED) is 0.642. The van der Waals surface area contributed by atoms with Crippen LogP contribution in [0.3, 0.4) is 0 Å². The van der Waals surface area contributed by atoms with Crippen LogP contribution in [0.2, 0.25) is 0 Å². The molecule has 1 aromatic carbocycles. The molecule has 0 radical (unpaired) electrons. The lowest BCUT2D eigenvalue weighted by atomic mass is 10.0. The van der Waals surface area contributed by atoms with Crippen molar-refractivity contribution in [1.82, 2.24) is 5.32 Å². The molecule has 0 saturated carbocycles. The van der Waals surface area contributed by atoms with Gasteiger partial charge in [0.15, 0.2) is 23.3 Å². The summed E-state index contributed by atoms with van der Waals surface area (Å²) < 4.78 is 52.7. The van der Waals surface area contributed by atoms with Crippen LogP contribution in [0.5, 0.6) is 0 Å². The Balaban J connectivity index is 2.26. The summed E-state index contributed by atoms with van der Waals surface area (Å²) in [4.78, 5) is 11.8. The second-order valence-corrected chi connectivity index (χ2v) is 4.47. The van der Waals surface area contributed by atoms with Crippen LogP contribution in [-0.2, 0) is 4.79 Å². The molecule has 104 valence electrons. The highest BCUT2D eigenvalue weighted by molar-refractivity contribution is 5.93. The molecule has 2 rings (SSSR count). The zero-order chi connectivity index (χ0) is 14.2. The fourth-order valence-electron chi connectivity index (χ4n) is 2.12. The van der Waals surface area contributed by atoms with Crippen molar-refractivity contribution in [2.45, 2.75) is 19.4 Å². The molecular weight excluding hydrogens is 264 g/mol. The van der Waals surface area contributed by atoms with Gasteiger partial charge in [0.2, 0.25) is 5.91 Å². The minimum Gasteiger partial charge on any atom is -0.321 e. The summed E-state index contributed by atoms with van der Waals surface area (Å²) in [5, 5.41) is 4.92. The third kappa shape index (κ3) is 2.56. The van der Waals surface area contributed by atoms with Crippen LogP contribution in [-0.4, -0.2) is 18.5 Å². The average Bonchev–Trinajstić information content (AvgIpc) is 2.78. The van der Waals surface area contributed by atoms with Crippen molar-refractivity contribution in [3.63, 3.8) is 0 Å². The van der Waals surface area contributed by atoms with Gasteiger partial charge >= 0.3 is 0 Å². The van der Waals surface area contributed by atoms with E-state index in [-0.39, 0.29) is 12.1 Å². The zero-order valence-electron chi connectivity index (χ0n) is 10.1. The SMILES string of the molecule is CC1NCCC1C(=O)Nc1c(F)c(F)cc(F)c1F. The molecule has 0 aromatic heterocycles. The highest BCUT2D eigenvalue weighted by atomic mass is 19.2. The smallest absolute Gasteiger partial charge is 0.229 e. The second kappa shape index (κ2) is 5.16. The van der Waals surface area contributed by atoms with E-state index in [0.29, 0.717) is 13.0 Å². The first-order chi connectivity index (χ1) is 8.91. The molecule has 0 bridgehead atoms. The summed E-state index contributed by atoms with van der Waals surface area (Å²) in [5.41, 5.74) is -1.08. The minimum absolute atomic E-state index is 0.0973. The van der Waals surface area contributed by atoms with Gasteiger partial charge in [-0.2, -0.15) is 0 Å². The lowest BCUT2D eigenvalue weighted by Gasteiger charge is -2.16. The number of hydrogen-bond acceptors (Lipinski definition) is 2. The zero-order valence-corrected chi connectivity index (χ0v) is 10.1. The summed E-state index contributed by atoms with van der Waals surface area (Å²) in [6, 6.07) is -0.0652. The van der Waals surface area contributed by atoms with E-state index < -0.39 is 40.8 Å². The molecule has 1 aliphatic rings. The van der Waals surface area contributed by atoms with Gasteiger partial charge in [0.05, 0.1) is 5.92 Å². The molecule has 2 N–H and O–H groups in total. The fourth-order valence-corrected chi connectivity index (χ4v) is 2.12. The summed E-state index contributed by atoms with van der Waals surface area (Å²) in [6.45, 7) is 2.35. The van der Waals surface area contributed by atoms with Gasteiger partial charge in [-0.1, -0.05) is 0 Å². The molecule has 7 heteroatoms. The van der Waals surface area contributed by atoms with E-state index >= 15 is 0 Å². The van der Waals surface area contributed by atoms with Crippen molar-refractivity contribution >= 4 is 11.6 Å². The molecule has 1 heterocycles. The topological polar surface area (TPSA) is 41.1 Å². The van der Waals surface area contributed by atoms with Gasteiger partial charge in [0, 0.05) is 12.1 Å². The number of amides is 1. The van der Waals surface area contributed by atoms with Crippen LogP contribution in [0.25, 0.3) is 0 Å². The van der Waals surface area contributed by atoms with Crippen LogP contribution in [0.15, 0.2) is 6.07 Å². The Kier molecular flexibility index (Phi) is 3.75. The number of benzene rings is 1. The lowest BCUT2D eigenvalue weighted by molar-refractivity contribution is -0.120. The number of hydrogen-bond donors (Lipinski definition) is 2. The van der Waals surface area contributed by atoms with Gasteiger partial charge in [-0.05, 0) is 19.9 Å². The first-order valence-corrected chi connectivity index (χ1v) is 5.79. The van der Waals surface area contributed by atoms with Gasteiger partial charge in [0.1, 0.15) is 5.69 Å². The maximum atomic E-state index is 13.4. The predicted octanol–water partition coefficient (Wildman–Crippen LogP) is 2.18. The summed E-state index contributed by atoms with van der Waals surface area (Å²) in [6.07, 6.45) is 0.494. The third-order valence-electron chi connectivity index (χ3n) is 3.22. The Morgan fingerprint density at radius 2 is 1.84 bits per heavy atom. The average molecular weight is 276 g/mol. The number of carbonyl (C=O) groups is 1. The van der Waals surface area contributed by atoms with Crippen molar-refractivity contribution in [3.8, 4) is 0 Å². The van der Waals surface area contributed by atoms with E-state index in [0.717, 1.165) is 0 Å². The highest BCUT2D eigenvalue weighted by Crippen LogP contribution is 2.26. The normalized spacial score (nSPS) is 22.6. The number of rotatable bonds is 2. The number of carbonyl (C=O) groups excluding carboxylic acids is 1. The molecule has 1 amide bonds. The molecule has 1 fully saturated rings. The van der Waals surface area contributed by atoms with Gasteiger partial charge in [0.25, 0.3) is 0 Å². The highest BCUT2D eigenvalue weighted by Gasteiger charge is 2.31. The van der Waals surface area contributed by atoms with Crippen molar-refractivity contribution in [2.75, 3.05) is 11.9 Å². The van der Waals surface area contributed by atoms with Gasteiger partial charge < -0.3 is 10.6 Å². The first kappa shape index (κ1) is 13.8. The molecule has 0 spiro atoms. The molecule has 1 aromatic rings. The molecule has 19 heavy (non-hydrogen) atoms. The van der Waals surface area contributed by atoms with Gasteiger partial charge in [-0.3, -0.25) is 4.79 Å². The van der Waals surface area contributed by atoms with E-state index in [2.05, 4.69) is 5.32 Å². The van der Waals surface area contributed by atoms with Crippen LogP contribution in [0, 0.1) is 29.2 Å². The van der Waals surface area contributed by atoms with E-state index in [1.54, 1.807) is 6.92 Å².